The number of nitrogens with two attached hydrogens (primary N) is 1. The van der Waals surface area contributed by atoms with Crippen molar-refractivity contribution in [2.24, 2.45) is 11.7 Å². The lowest BCUT2D eigenvalue weighted by Crippen LogP contribution is -2.35. The van der Waals surface area contributed by atoms with Gasteiger partial charge in [0.1, 0.15) is 5.78 Å². The third-order valence-corrected chi connectivity index (χ3v) is 2.01. The summed E-state index contributed by atoms with van der Waals surface area (Å²) >= 11 is 0. The molecule has 0 fully saturated rings. The Bertz CT molecular complexity index is 192. The van der Waals surface area contributed by atoms with Crippen molar-refractivity contribution in [1.82, 2.24) is 4.90 Å². The Morgan fingerprint density at radius 3 is 2.31 bits per heavy atom. The molecule has 0 rings (SSSR count). The van der Waals surface area contributed by atoms with Crippen LogP contribution in [0, 0.1) is 5.92 Å². The van der Waals surface area contributed by atoms with E-state index in [1.54, 1.807) is 11.9 Å². The lowest BCUT2D eigenvalue weighted by molar-refractivity contribution is -0.124. The van der Waals surface area contributed by atoms with Crippen molar-refractivity contribution in [3.05, 3.63) is 0 Å². The minimum Gasteiger partial charge on any atom is -0.369 e. The first-order chi connectivity index (χ1) is 5.97. The Hall–Kier alpha value is -0.900. The van der Waals surface area contributed by atoms with E-state index in [9.17, 15) is 9.59 Å². The standard InChI is InChI=1S/C9H18N2O2/c1-4-7(2)8(12)5-11(3)6-9(10)13/h7H,4-6H2,1-3H3,(H2,10,13). The molecule has 1 atom stereocenters. The Balaban J connectivity index is 3.84. The topological polar surface area (TPSA) is 63.4 Å². The predicted molar refractivity (Wildman–Crippen MR) is 51.2 cm³/mol. The second kappa shape index (κ2) is 5.70. The molecule has 0 aromatic heterocycles. The van der Waals surface area contributed by atoms with Crippen molar-refractivity contribution in [2.75, 3.05) is 20.1 Å². The maximum Gasteiger partial charge on any atom is 0.231 e. The average molecular weight is 186 g/mol. The molecule has 2 N–H and O–H groups in total. The van der Waals surface area contributed by atoms with Crippen molar-refractivity contribution in [1.29, 1.82) is 0 Å². The fourth-order valence-electron chi connectivity index (χ4n) is 0.971. The summed E-state index contributed by atoms with van der Waals surface area (Å²) in [5, 5.41) is 0. The van der Waals surface area contributed by atoms with Crippen LogP contribution in [-0.4, -0.2) is 36.7 Å². The zero-order valence-corrected chi connectivity index (χ0v) is 8.54. The van der Waals surface area contributed by atoms with Gasteiger partial charge in [-0.1, -0.05) is 13.8 Å². The number of carbonyl (C=O) groups excluding carboxylic acids is 2. The number of Topliss-reactive ketones (excluding diaryl/α,β-unsaturated/α-hetero) is 1. The van der Waals surface area contributed by atoms with E-state index >= 15 is 0 Å². The van der Waals surface area contributed by atoms with Crippen LogP contribution in [-0.2, 0) is 9.59 Å². The van der Waals surface area contributed by atoms with Crippen LogP contribution in [0.1, 0.15) is 20.3 Å². The first-order valence-electron chi connectivity index (χ1n) is 4.47. The van der Waals surface area contributed by atoms with Crippen molar-refractivity contribution in [3.8, 4) is 0 Å². The molecule has 0 aliphatic heterocycles. The van der Waals surface area contributed by atoms with Crippen LogP contribution in [0.3, 0.4) is 0 Å². The predicted octanol–water partition coefficient (Wildman–Crippen LogP) is 0.0187. The van der Waals surface area contributed by atoms with Gasteiger partial charge in [-0.3, -0.25) is 14.5 Å². The van der Waals surface area contributed by atoms with Gasteiger partial charge in [-0.05, 0) is 13.5 Å². The number of rotatable bonds is 6. The summed E-state index contributed by atoms with van der Waals surface area (Å²) in [6.07, 6.45) is 0.837. The van der Waals surface area contributed by atoms with Crippen molar-refractivity contribution in [3.63, 3.8) is 0 Å². The zero-order chi connectivity index (χ0) is 10.4. The van der Waals surface area contributed by atoms with Crippen molar-refractivity contribution in [2.45, 2.75) is 20.3 Å². The van der Waals surface area contributed by atoms with E-state index in [0.717, 1.165) is 6.42 Å². The number of primary amides is 1. The van der Waals surface area contributed by atoms with Gasteiger partial charge in [0.05, 0.1) is 13.1 Å². The van der Waals surface area contributed by atoms with E-state index in [2.05, 4.69) is 0 Å². The largest absolute Gasteiger partial charge is 0.369 e. The molecule has 0 radical (unpaired) electrons. The SMILES string of the molecule is CCC(C)C(=O)CN(C)CC(N)=O. The summed E-state index contributed by atoms with van der Waals surface area (Å²) in [5.74, 6) is -0.180. The van der Waals surface area contributed by atoms with Crippen LogP contribution in [0.5, 0.6) is 0 Å². The molecule has 0 aliphatic carbocycles. The van der Waals surface area contributed by atoms with Crippen molar-refractivity contribution < 1.29 is 9.59 Å². The van der Waals surface area contributed by atoms with Gasteiger partial charge < -0.3 is 5.73 Å². The molecule has 0 spiro atoms. The fraction of sp³-hybridized carbons (Fsp3) is 0.778. The monoisotopic (exact) mass is 186 g/mol. The maximum atomic E-state index is 11.4. The number of nitrogens with zero attached hydrogens (tertiary/aromatic N) is 1. The minimum atomic E-state index is -0.403. The van der Waals surface area contributed by atoms with Gasteiger partial charge in [0, 0.05) is 5.92 Å². The number of ketones is 1. The van der Waals surface area contributed by atoms with Crippen LogP contribution in [0.15, 0.2) is 0 Å². The average Bonchev–Trinajstić information content (AvgIpc) is 2.01. The molecule has 0 bridgehead atoms. The Labute approximate surface area is 79.1 Å². The van der Waals surface area contributed by atoms with Crippen LogP contribution in [0.2, 0.25) is 0 Å². The molecular formula is C9H18N2O2. The van der Waals surface area contributed by atoms with E-state index in [-0.39, 0.29) is 18.2 Å². The summed E-state index contributed by atoms with van der Waals surface area (Å²) in [4.78, 5) is 23.5. The van der Waals surface area contributed by atoms with Crippen LogP contribution < -0.4 is 5.73 Å². The maximum absolute atomic E-state index is 11.4. The summed E-state index contributed by atoms with van der Waals surface area (Å²) < 4.78 is 0. The molecule has 0 aromatic rings. The van der Waals surface area contributed by atoms with E-state index in [4.69, 9.17) is 5.73 Å². The highest BCUT2D eigenvalue weighted by atomic mass is 16.1. The summed E-state index contributed by atoms with van der Waals surface area (Å²) in [6, 6.07) is 0. The summed E-state index contributed by atoms with van der Waals surface area (Å²) in [6.45, 7) is 4.30. The van der Waals surface area contributed by atoms with Gasteiger partial charge in [-0.25, -0.2) is 0 Å². The zero-order valence-electron chi connectivity index (χ0n) is 8.54. The number of hydrogen-bond acceptors (Lipinski definition) is 3. The molecule has 1 amide bonds. The van der Waals surface area contributed by atoms with E-state index in [1.165, 1.54) is 0 Å². The molecule has 76 valence electrons. The molecule has 13 heavy (non-hydrogen) atoms. The molecule has 0 aliphatic rings. The van der Waals surface area contributed by atoms with Gasteiger partial charge >= 0.3 is 0 Å². The second-order valence-corrected chi connectivity index (χ2v) is 3.41. The van der Waals surface area contributed by atoms with E-state index in [1.807, 2.05) is 13.8 Å². The Morgan fingerprint density at radius 1 is 1.38 bits per heavy atom. The van der Waals surface area contributed by atoms with Gasteiger partial charge in [0.2, 0.25) is 5.91 Å². The van der Waals surface area contributed by atoms with Crippen LogP contribution in [0.4, 0.5) is 0 Å². The van der Waals surface area contributed by atoms with Crippen molar-refractivity contribution >= 4 is 11.7 Å². The third-order valence-electron chi connectivity index (χ3n) is 2.01. The molecule has 4 nitrogen and oxygen atoms in total. The highest BCUT2D eigenvalue weighted by Gasteiger charge is 2.13. The number of carbonyl (C=O) groups is 2. The highest BCUT2D eigenvalue weighted by Crippen LogP contribution is 2.02. The quantitative estimate of drug-likeness (QED) is 0.636. The summed E-state index contributed by atoms with van der Waals surface area (Å²) in [7, 11) is 1.71. The van der Waals surface area contributed by atoms with Gasteiger partial charge in [-0.2, -0.15) is 0 Å². The van der Waals surface area contributed by atoms with Gasteiger partial charge in [0.25, 0.3) is 0 Å². The third kappa shape index (κ3) is 5.36. The Kier molecular flexibility index (Phi) is 5.30. The van der Waals surface area contributed by atoms with E-state index in [0.29, 0.717) is 6.54 Å². The normalized spacial score (nSPS) is 12.9. The van der Waals surface area contributed by atoms with Gasteiger partial charge in [0.15, 0.2) is 0 Å². The fourth-order valence-corrected chi connectivity index (χ4v) is 0.971. The Morgan fingerprint density at radius 2 is 1.92 bits per heavy atom. The lowest BCUT2D eigenvalue weighted by Gasteiger charge is -2.15. The second-order valence-electron chi connectivity index (χ2n) is 3.41. The first kappa shape index (κ1) is 12.1. The lowest BCUT2D eigenvalue weighted by atomic mass is 10.0. The minimum absolute atomic E-state index is 0.0651. The molecule has 0 aromatic carbocycles. The van der Waals surface area contributed by atoms with E-state index < -0.39 is 5.91 Å². The molecule has 4 heteroatoms. The molecule has 0 heterocycles. The number of hydrogen-bond donors (Lipinski definition) is 1. The number of likely N-dealkylation sites (N-methyl/N-ethyl adjacent to an activating group) is 1. The summed E-state index contributed by atoms with van der Waals surface area (Å²) in [5.41, 5.74) is 4.99. The van der Waals surface area contributed by atoms with Crippen LogP contribution in [0.25, 0.3) is 0 Å². The molecular weight excluding hydrogens is 168 g/mol. The van der Waals surface area contributed by atoms with Gasteiger partial charge in [-0.15, -0.1) is 0 Å². The number of amides is 1. The molecule has 0 saturated carbocycles. The highest BCUT2D eigenvalue weighted by molar-refractivity contribution is 5.83. The molecule has 0 saturated heterocycles. The smallest absolute Gasteiger partial charge is 0.231 e. The molecule has 1 unspecified atom stereocenters. The van der Waals surface area contributed by atoms with Crippen LogP contribution >= 0.6 is 0 Å². The first-order valence-corrected chi connectivity index (χ1v) is 4.47.